The Kier molecular flexibility index (Phi) is 4.91. The van der Waals surface area contributed by atoms with E-state index >= 15 is 0 Å². The number of sulfonamides is 1. The zero-order chi connectivity index (χ0) is 14.6. The topological polar surface area (TPSA) is 119 Å². The third kappa shape index (κ3) is 3.94. The van der Waals surface area contributed by atoms with E-state index in [-0.39, 0.29) is 15.4 Å². The molecule has 0 saturated carbocycles. The lowest BCUT2D eigenvalue weighted by Crippen LogP contribution is -2.32. The SMILES string of the molecule is COC(=O)CN(C)S(=O)(=O)c1nnc(NC(C)=O)s1. The van der Waals surface area contributed by atoms with Gasteiger partial charge < -0.3 is 10.1 Å². The number of carbonyl (C=O) groups is 2. The first-order valence-electron chi connectivity index (χ1n) is 4.91. The van der Waals surface area contributed by atoms with E-state index < -0.39 is 22.5 Å². The van der Waals surface area contributed by atoms with Crippen molar-refractivity contribution in [2.24, 2.45) is 0 Å². The molecule has 11 heteroatoms. The number of hydrogen-bond acceptors (Lipinski definition) is 8. The molecule has 0 fully saturated rings. The molecule has 19 heavy (non-hydrogen) atoms. The maximum absolute atomic E-state index is 12.0. The largest absolute Gasteiger partial charge is 0.468 e. The highest BCUT2D eigenvalue weighted by atomic mass is 32.2. The van der Waals surface area contributed by atoms with Gasteiger partial charge in [-0.25, -0.2) is 8.42 Å². The van der Waals surface area contributed by atoms with E-state index in [1.54, 1.807) is 0 Å². The average molecular weight is 308 g/mol. The van der Waals surface area contributed by atoms with Crippen molar-refractivity contribution in [3.8, 4) is 0 Å². The van der Waals surface area contributed by atoms with Crippen LogP contribution in [0.4, 0.5) is 5.13 Å². The number of amides is 1. The van der Waals surface area contributed by atoms with E-state index in [0.29, 0.717) is 11.3 Å². The van der Waals surface area contributed by atoms with Gasteiger partial charge in [0.15, 0.2) is 0 Å². The smallest absolute Gasteiger partial charge is 0.321 e. The second-order valence-electron chi connectivity index (χ2n) is 3.39. The van der Waals surface area contributed by atoms with Gasteiger partial charge in [0.1, 0.15) is 6.54 Å². The van der Waals surface area contributed by atoms with Crippen LogP contribution in [-0.4, -0.2) is 55.5 Å². The molecule has 0 atom stereocenters. The lowest BCUT2D eigenvalue weighted by atomic mass is 10.7. The van der Waals surface area contributed by atoms with Gasteiger partial charge >= 0.3 is 5.97 Å². The van der Waals surface area contributed by atoms with E-state index in [1.165, 1.54) is 14.0 Å². The number of aromatic nitrogens is 2. The van der Waals surface area contributed by atoms with Crippen LogP contribution in [0.3, 0.4) is 0 Å². The fourth-order valence-electron chi connectivity index (χ4n) is 0.980. The Bertz CT molecular complexity index is 582. The zero-order valence-electron chi connectivity index (χ0n) is 10.4. The Balaban J connectivity index is 2.90. The van der Waals surface area contributed by atoms with Gasteiger partial charge in [-0.2, -0.15) is 4.31 Å². The Morgan fingerprint density at radius 3 is 2.58 bits per heavy atom. The lowest BCUT2D eigenvalue weighted by Gasteiger charge is -2.12. The van der Waals surface area contributed by atoms with E-state index in [9.17, 15) is 18.0 Å². The van der Waals surface area contributed by atoms with E-state index in [1.807, 2.05) is 0 Å². The normalized spacial score (nSPS) is 11.4. The number of carbonyl (C=O) groups excluding carboxylic acids is 2. The Hall–Kier alpha value is -1.59. The quantitative estimate of drug-likeness (QED) is 0.563. The summed E-state index contributed by atoms with van der Waals surface area (Å²) in [5.41, 5.74) is 0. The maximum atomic E-state index is 12.0. The number of anilines is 1. The first-order chi connectivity index (χ1) is 8.77. The molecule has 1 aromatic heterocycles. The fourth-order valence-corrected chi connectivity index (χ4v) is 3.23. The van der Waals surface area contributed by atoms with Gasteiger partial charge in [0.2, 0.25) is 15.4 Å². The van der Waals surface area contributed by atoms with Gasteiger partial charge in [-0.3, -0.25) is 9.59 Å². The van der Waals surface area contributed by atoms with Crippen LogP contribution in [-0.2, 0) is 24.3 Å². The number of likely N-dealkylation sites (N-methyl/N-ethyl adjacent to an activating group) is 1. The number of esters is 1. The molecule has 1 rings (SSSR count). The first-order valence-corrected chi connectivity index (χ1v) is 7.17. The molecule has 1 amide bonds. The third-order valence-electron chi connectivity index (χ3n) is 1.90. The lowest BCUT2D eigenvalue weighted by molar-refractivity contribution is -0.140. The predicted octanol–water partition coefficient (Wildman–Crippen LogP) is -0.710. The van der Waals surface area contributed by atoms with Crippen molar-refractivity contribution in [1.29, 1.82) is 0 Å². The van der Waals surface area contributed by atoms with Gasteiger partial charge in [0, 0.05) is 14.0 Å². The molecule has 0 saturated heterocycles. The molecule has 106 valence electrons. The van der Waals surface area contributed by atoms with Crippen LogP contribution in [0.5, 0.6) is 0 Å². The van der Waals surface area contributed by atoms with E-state index in [2.05, 4.69) is 20.3 Å². The average Bonchev–Trinajstić information content (AvgIpc) is 2.76. The predicted molar refractivity (Wildman–Crippen MR) is 66.0 cm³/mol. The number of rotatable bonds is 5. The summed E-state index contributed by atoms with van der Waals surface area (Å²) in [6, 6.07) is 0. The highest BCUT2D eigenvalue weighted by Gasteiger charge is 2.27. The monoisotopic (exact) mass is 308 g/mol. The zero-order valence-corrected chi connectivity index (χ0v) is 12.0. The molecular formula is C8H12N4O5S2. The molecular weight excluding hydrogens is 296 g/mol. The van der Waals surface area contributed by atoms with Gasteiger partial charge in [0.05, 0.1) is 7.11 Å². The molecule has 0 aliphatic carbocycles. The molecule has 0 aliphatic rings. The molecule has 0 aliphatic heterocycles. The second-order valence-corrected chi connectivity index (χ2v) is 6.59. The minimum Gasteiger partial charge on any atom is -0.468 e. The molecule has 9 nitrogen and oxygen atoms in total. The van der Waals surface area contributed by atoms with Crippen molar-refractivity contribution in [1.82, 2.24) is 14.5 Å². The molecule has 0 aromatic carbocycles. The van der Waals surface area contributed by atoms with Gasteiger partial charge in [0.25, 0.3) is 10.0 Å². The summed E-state index contributed by atoms with van der Waals surface area (Å²) in [7, 11) is -1.56. The van der Waals surface area contributed by atoms with Gasteiger partial charge in [-0.05, 0) is 0 Å². The van der Waals surface area contributed by atoms with E-state index in [0.717, 1.165) is 11.4 Å². The van der Waals surface area contributed by atoms with Crippen LogP contribution in [0, 0.1) is 0 Å². The number of nitrogens with one attached hydrogen (secondary N) is 1. The summed E-state index contributed by atoms with van der Waals surface area (Å²) >= 11 is 0.695. The number of methoxy groups -OCH3 is 1. The molecule has 0 bridgehead atoms. The first kappa shape index (κ1) is 15.5. The Morgan fingerprint density at radius 1 is 1.42 bits per heavy atom. The van der Waals surface area contributed by atoms with Crippen molar-refractivity contribution in [3.63, 3.8) is 0 Å². The molecule has 1 heterocycles. The van der Waals surface area contributed by atoms with Gasteiger partial charge in [-0.1, -0.05) is 11.3 Å². The van der Waals surface area contributed by atoms with Crippen molar-refractivity contribution in [2.45, 2.75) is 11.3 Å². The van der Waals surface area contributed by atoms with Crippen LogP contribution in [0.25, 0.3) is 0 Å². The van der Waals surface area contributed by atoms with Crippen molar-refractivity contribution >= 4 is 38.4 Å². The fraction of sp³-hybridized carbons (Fsp3) is 0.500. The third-order valence-corrected chi connectivity index (χ3v) is 4.89. The van der Waals surface area contributed by atoms with Crippen LogP contribution in [0.15, 0.2) is 4.34 Å². The van der Waals surface area contributed by atoms with Crippen LogP contribution in [0.2, 0.25) is 0 Å². The Labute approximate surface area is 113 Å². The van der Waals surface area contributed by atoms with Crippen LogP contribution >= 0.6 is 11.3 Å². The van der Waals surface area contributed by atoms with Crippen molar-refractivity contribution < 1.29 is 22.7 Å². The standard InChI is InChI=1S/C8H12N4O5S2/c1-5(13)9-7-10-11-8(18-7)19(15,16)12(2)4-6(14)17-3/h4H2,1-3H3,(H,9,10,13). The second kappa shape index (κ2) is 6.04. The summed E-state index contributed by atoms with van der Waals surface area (Å²) < 4.78 is 28.8. The van der Waals surface area contributed by atoms with Crippen LogP contribution < -0.4 is 5.32 Å². The highest BCUT2D eigenvalue weighted by Crippen LogP contribution is 2.22. The maximum Gasteiger partial charge on any atom is 0.321 e. The summed E-state index contributed by atoms with van der Waals surface area (Å²) in [5.74, 6) is -1.08. The summed E-state index contributed by atoms with van der Waals surface area (Å²) in [6.07, 6.45) is 0. The van der Waals surface area contributed by atoms with E-state index in [4.69, 9.17) is 0 Å². The highest BCUT2D eigenvalue weighted by molar-refractivity contribution is 7.91. The molecule has 0 unspecified atom stereocenters. The number of ether oxygens (including phenoxy) is 1. The number of hydrogen-bond donors (Lipinski definition) is 1. The molecule has 0 radical (unpaired) electrons. The minimum absolute atomic E-state index is 0.0672. The molecule has 0 spiro atoms. The van der Waals surface area contributed by atoms with Crippen molar-refractivity contribution in [3.05, 3.63) is 0 Å². The summed E-state index contributed by atoms with van der Waals surface area (Å²) in [5, 5.41) is 9.37. The summed E-state index contributed by atoms with van der Waals surface area (Å²) in [6.45, 7) is 0.826. The van der Waals surface area contributed by atoms with Gasteiger partial charge in [-0.15, -0.1) is 10.2 Å². The minimum atomic E-state index is -3.93. The Morgan fingerprint density at radius 2 is 2.05 bits per heavy atom. The number of nitrogens with zero attached hydrogens (tertiary/aromatic N) is 3. The summed E-state index contributed by atoms with van der Waals surface area (Å²) in [4.78, 5) is 21.8. The van der Waals surface area contributed by atoms with Crippen molar-refractivity contribution in [2.75, 3.05) is 26.0 Å². The molecule has 1 N–H and O–H groups in total. The molecule has 1 aromatic rings. The van der Waals surface area contributed by atoms with Crippen LogP contribution in [0.1, 0.15) is 6.92 Å².